The number of anilines is 1. The molecule has 3 heterocycles. The minimum Gasteiger partial charge on any atom is -0.477 e. The van der Waals surface area contributed by atoms with E-state index in [4.69, 9.17) is 14.2 Å². The lowest BCUT2D eigenvalue weighted by Gasteiger charge is -2.35. The molecule has 4 atom stereocenters. The van der Waals surface area contributed by atoms with Crippen LogP contribution in [0.1, 0.15) is 87.7 Å². The van der Waals surface area contributed by atoms with Crippen molar-refractivity contribution in [3.63, 3.8) is 0 Å². The summed E-state index contributed by atoms with van der Waals surface area (Å²) in [4.78, 5) is 41.1. The van der Waals surface area contributed by atoms with Crippen molar-refractivity contribution in [1.29, 1.82) is 0 Å². The van der Waals surface area contributed by atoms with Crippen LogP contribution in [0.5, 0.6) is 0 Å². The van der Waals surface area contributed by atoms with Gasteiger partial charge in [0.05, 0.1) is 29.7 Å². The van der Waals surface area contributed by atoms with E-state index >= 15 is 0 Å². The number of carboxylic acids is 1. The van der Waals surface area contributed by atoms with E-state index in [1.54, 1.807) is 11.0 Å². The molecule has 0 radical (unpaired) electrons. The molecule has 1 aliphatic carbocycles. The van der Waals surface area contributed by atoms with Gasteiger partial charge < -0.3 is 29.5 Å². The highest BCUT2D eigenvalue weighted by Gasteiger charge is 2.44. The van der Waals surface area contributed by atoms with Gasteiger partial charge in [0, 0.05) is 23.9 Å². The van der Waals surface area contributed by atoms with Crippen molar-refractivity contribution >= 4 is 35.0 Å². The van der Waals surface area contributed by atoms with Crippen molar-refractivity contribution < 1.29 is 33.7 Å². The summed E-state index contributed by atoms with van der Waals surface area (Å²) in [5.41, 5.74) is 0.135. The molecule has 3 fully saturated rings. The minimum atomic E-state index is -1.08. The average molecular weight is 575 g/mol. The first-order valence-electron chi connectivity index (χ1n) is 14.3. The lowest BCUT2D eigenvalue weighted by molar-refractivity contribution is -0.124. The summed E-state index contributed by atoms with van der Waals surface area (Å²) in [5.74, 6) is 5.59. The number of ether oxygens (including phenoxy) is 3. The Hall–Kier alpha value is -2.61. The van der Waals surface area contributed by atoms with Crippen molar-refractivity contribution in [2.24, 2.45) is 23.2 Å². The molecule has 0 aromatic carbocycles. The molecule has 2 saturated heterocycles. The molecular formula is C30H42N2O7S. The normalized spacial score (nSPS) is 26.8. The number of nitrogens with zero attached hydrogens (tertiary/aromatic N) is 1. The predicted octanol–water partition coefficient (Wildman–Crippen LogP) is 5.27. The molecule has 2 N–H and O–H groups in total. The lowest BCUT2D eigenvalue weighted by Crippen LogP contribution is -2.45. The monoisotopic (exact) mass is 574 g/mol. The SMILES string of the molecule is C[C@@H](CCNC(=O)OC1COC2OCCC12)N(c1cc(C#CC(C)(C)C)sc1C(=O)O)C(=O)[C@H]1CC[C@H](C)CC1. The van der Waals surface area contributed by atoms with Crippen LogP contribution in [0.4, 0.5) is 10.5 Å². The van der Waals surface area contributed by atoms with Crippen molar-refractivity contribution in [1.82, 2.24) is 5.32 Å². The van der Waals surface area contributed by atoms with E-state index in [-0.39, 0.29) is 53.0 Å². The Morgan fingerprint density at radius 1 is 1.20 bits per heavy atom. The van der Waals surface area contributed by atoms with Crippen LogP contribution in [-0.2, 0) is 19.0 Å². The van der Waals surface area contributed by atoms with Gasteiger partial charge in [0.15, 0.2) is 6.29 Å². The molecule has 0 bridgehead atoms. The van der Waals surface area contributed by atoms with Crippen LogP contribution in [0.25, 0.3) is 0 Å². The van der Waals surface area contributed by atoms with Gasteiger partial charge in [-0.05, 0) is 78.2 Å². The molecule has 10 heteroatoms. The highest BCUT2D eigenvalue weighted by Crippen LogP contribution is 2.37. The predicted molar refractivity (Wildman–Crippen MR) is 152 cm³/mol. The molecule has 3 unspecified atom stereocenters. The molecular weight excluding hydrogens is 532 g/mol. The van der Waals surface area contributed by atoms with E-state index in [1.807, 2.05) is 27.7 Å². The van der Waals surface area contributed by atoms with E-state index in [9.17, 15) is 19.5 Å². The summed E-state index contributed by atoms with van der Waals surface area (Å²) in [5, 5.41) is 12.8. The zero-order chi connectivity index (χ0) is 29.0. The van der Waals surface area contributed by atoms with Gasteiger partial charge in [-0.25, -0.2) is 9.59 Å². The zero-order valence-corrected chi connectivity index (χ0v) is 25.0. The van der Waals surface area contributed by atoms with E-state index in [1.165, 1.54) is 0 Å². The number of aromatic carboxylic acids is 1. The molecule has 9 nitrogen and oxygen atoms in total. The van der Waals surface area contributed by atoms with Crippen molar-refractivity contribution in [2.45, 2.75) is 91.6 Å². The molecule has 2 aliphatic heterocycles. The Morgan fingerprint density at radius 3 is 2.60 bits per heavy atom. The molecule has 0 spiro atoms. The summed E-state index contributed by atoms with van der Waals surface area (Å²) in [6, 6.07) is 1.37. The number of carbonyl (C=O) groups excluding carboxylic acids is 2. The summed E-state index contributed by atoms with van der Waals surface area (Å²) in [6.45, 7) is 11.3. The Labute approximate surface area is 240 Å². The van der Waals surface area contributed by atoms with Gasteiger partial charge in [-0.15, -0.1) is 11.3 Å². The average Bonchev–Trinajstić information content (AvgIpc) is 3.60. The first kappa shape index (κ1) is 30.4. The number of hydrogen-bond donors (Lipinski definition) is 2. The van der Waals surface area contributed by atoms with Gasteiger partial charge in [-0.1, -0.05) is 18.8 Å². The lowest BCUT2D eigenvalue weighted by atomic mass is 9.82. The topological polar surface area (TPSA) is 114 Å². The zero-order valence-electron chi connectivity index (χ0n) is 24.2. The number of fused-ring (bicyclic) bond motifs is 1. The number of hydrogen-bond acceptors (Lipinski definition) is 7. The maximum atomic E-state index is 13.9. The minimum absolute atomic E-state index is 0.0552. The van der Waals surface area contributed by atoms with Crippen LogP contribution in [0.2, 0.25) is 0 Å². The molecule has 1 aromatic rings. The summed E-state index contributed by atoms with van der Waals surface area (Å²) < 4.78 is 16.6. The van der Waals surface area contributed by atoms with Crippen molar-refractivity contribution in [3.05, 3.63) is 15.8 Å². The first-order valence-corrected chi connectivity index (χ1v) is 15.2. The van der Waals surface area contributed by atoms with Crippen LogP contribution < -0.4 is 10.2 Å². The maximum absolute atomic E-state index is 13.9. The van der Waals surface area contributed by atoms with E-state index in [0.29, 0.717) is 36.1 Å². The highest BCUT2D eigenvalue weighted by molar-refractivity contribution is 7.15. The fourth-order valence-corrected chi connectivity index (χ4v) is 6.38. The van der Waals surface area contributed by atoms with Crippen LogP contribution in [-0.4, -0.2) is 61.3 Å². The van der Waals surface area contributed by atoms with Gasteiger partial charge in [0.2, 0.25) is 5.91 Å². The highest BCUT2D eigenvalue weighted by atomic mass is 32.1. The van der Waals surface area contributed by atoms with Crippen LogP contribution in [0, 0.1) is 35.0 Å². The Bertz CT molecular complexity index is 1140. The number of thiophene rings is 1. The molecule has 1 saturated carbocycles. The third-order valence-corrected chi connectivity index (χ3v) is 8.87. The Morgan fingerprint density at radius 2 is 1.93 bits per heavy atom. The Kier molecular flexibility index (Phi) is 9.80. The quantitative estimate of drug-likeness (QED) is 0.407. The molecule has 40 heavy (non-hydrogen) atoms. The van der Waals surface area contributed by atoms with Gasteiger partial charge in [-0.2, -0.15) is 0 Å². The van der Waals surface area contributed by atoms with Gasteiger partial charge in [-0.3, -0.25) is 4.79 Å². The molecule has 3 aliphatic rings. The summed E-state index contributed by atoms with van der Waals surface area (Å²) in [7, 11) is 0. The number of carbonyl (C=O) groups is 3. The smallest absolute Gasteiger partial charge is 0.407 e. The second-order valence-electron chi connectivity index (χ2n) is 12.3. The largest absolute Gasteiger partial charge is 0.477 e. The van der Waals surface area contributed by atoms with Crippen molar-refractivity contribution in [3.8, 4) is 11.8 Å². The molecule has 1 aromatic heterocycles. The number of nitrogens with one attached hydrogen (secondary N) is 1. The third kappa shape index (κ3) is 7.56. The first-order chi connectivity index (χ1) is 18.9. The second kappa shape index (κ2) is 12.9. The fraction of sp³-hybridized carbons (Fsp3) is 0.700. The fourth-order valence-electron chi connectivity index (χ4n) is 5.54. The second-order valence-corrected chi connectivity index (χ2v) is 13.4. The summed E-state index contributed by atoms with van der Waals surface area (Å²) >= 11 is 1.09. The molecule has 4 rings (SSSR count). The van der Waals surface area contributed by atoms with E-state index in [2.05, 4.69) is 24.1 Å². The molecule has 220 valence electrons. The molecule has 2 amide bonds. The Balaban J connectivity index is 1.48. The maximum Gasteiger partial charge on any atom is 0.407 e. The van der Waals surface area contributed by atoms with Crippen molar-refractivity contribution in [2.75, 3.05) is 24.7 Å². The van der Waals surface area contributed by atoms with Gasteiger partial charge in [0.1, 0.15) is 11.0 Å². The summed E-state index contributed by atoms with van der Waals surface area (Å²) in [6.07, 6.45) is 3.57. The van der Waals surface area contributed by atoms with E-state index < -0.39 is 12.1 Å². The van der Waals surface area contributed by atoms with Crippen LogP contribution in [0.15, 0.2) is 6.07 Å². The van der Waals surface area contributed by atoms with Gasteiger partial charge >= 0.3 is 12.1 Å². The standard InChI is InChI=1S/C30H42N2O7S/c1-18-6-8-20(9-7-18)26(33)32(23-16-21(10-13-30(3,4)5)40-25(23)27(34)35)19(2)11-14-31-29(36)39-24-17-38-28-22(24)12-15-37-28/h16,18-20,22,24,28H,6-9,11-12,14-15,17H2,1-5H3,(H,31,36)(H,34,35)/t18-,19-,20-,22?,24?,28?/m0/s1. The third-order valence-electron chi connectivity index (χ3n) is 7.85. The number of alkyl carbamates (subject to hydrolysis) is 1. The van der Waals surface area contributed by atoms with Gasteiger partial charge in [0.25, 0.3) is 0 Å². The van der Waals surface area contributed by atoms with Crippen LogP contribution in [0.3, 0.4) is 0 Å². The van der Waals surface area contributed by atoms with E-state index in [0.717, 1.165) is 43.4 Å². The van der Waals surface area contributed by atoms with Crippen LogP contribution >= 0.6 is 11.3 Å². The number of carboxylic acid groups (broad SMARTS) is 1. The number of amides is 2. The number of rotatable bonds is 8.